The molecule has 5 aromatic carbocycles. The van der Waals surface area contributed by atoms with Gasteiger partial charge < -0.3 is 9.13 Å². The van der Waals surface area contributed by atoms with Crippen LogP contribution in [0, 0.1) is 28.6 Å². The van der Waals surface area contributed by atoms with E-state index in [1.807, 2.05) is 43.0 Å². The molecule has 4 nitrogen and oxygen atoms in total. The average Bonchev–Trinajstić information content (AvgIpc) is 3.92. The number of nitriles is 2. The second-order valence-corrected chi connectivity index (χ2v) is 15.7. The molecule has 3 unspecified atom stereocenters. The molecule has 10 rings (SSSR count). The first-order chi connectivity index (χ1) is 25.1. The van der Waals surface area contributed by atoms with Crippen LogP contribution in [0.3, 0.4) is 0 Å². The molecule has 8 aromatic rings. The lowest BCUT2D eigenvalue weighted by atomic mass is 9.89. The topological polar surface area (TPSA) is 57.4 Å². The molecule has 0 fully saturated rings. The summed E-state index contributed by atoms with van der Waals surface area (Å²) in [6.07, 6.45) is 10.9. The van der Waals surface area contributed by atoms with Crippen LogP contribution in [-0.4, -0.2) is 14.4 Å². The highest BCUT2D eigenvalue weighted by Gasteiger charge is 2.34. The summed E-state index contributed by atoms with van der Waals surface area (Å²) >= 11 is 3.74. The molecule has 3 atom stereocenters. The Labute approximate surface area is 303 Å². The Kier molecular flexibility index (Phi) is 6.70. The summed E-state index contributed by atoms with van der Waals surface area (Å²) < 4.78 is 6.98. The van der Waals surface area contributed by atoms with Gasteiger partial charge in [0.15, 0.2) is 0 Å². The highest BCUT2D eigenvalue weighted by atomic mass is 32.2. The summed E-state index contributed by atoms with van der Waals surface area (Å²) in [6, 6.07) is 39.5. The predicted molar refractivity (Wildman–Crippen MR) is 216 cm³/mol. The highest BCUT2D eigenvalue weighted by molar-refractivity contribution is 8.00. The Bertz CT molecular complexity index is 3020. The second-order valence-electron chi connectivity index (χ2n) is 13.4. The van der Waals surface area contributed by atoms with Crippen molar-refractivity contribution in [1.82, 2.24) is 9.13 Å². The number of rotatable bonds is 4. The van der Waals surface area contributed by atoms with Crippen LogP contribution in [-0.2, 0) is 0 Å². The zero-order valence-corrected chi connectivity index (χ0v) is 29.6. The highest BCUT2D eigenvalue weighted by Crippen LogP contribution is 2.53. The van der Waals surface area contributed by atoms with Crippen molar-refractivity contribution in [2.24, 2.45) is 5.92 Å². The molecule has 3 aromatic heterocycles. The van der Waals surface area contributed by atoms with Gasteiger partial charge in [0.2, 0.25) is 0 Å². The number of hydrogen-bond donors (Lipinski definition) is 0. The fourth-order valence-electron chi connectivity index (χ4n) is 8.46. The van der Waals surface area contributed by atoms with Crippen LogP contribution in [0.25, 0.3) is 75.2 Å². The number of benzene rings is 5. The zero-order chi connectivity index (χ0) is 34.4. The summed E-state index contributed by atoms with van der Waals surface area (Å²) in [7, 11) is 0. The summed E-state index contributed by atoms with van der Waals surface area (Å²) in [5.41, 5.74) is 7.70. The number of para-hydroxylation sites is 2. The molecule has 0 N–H and O–H groups in total. The molecule has 0 saturated heterocycles. The van der Waals surface area contributed by atoms with Crippen molar-refractivity contribution in [2.75, 3.05) is 0 Å². The third-order valence-electron chi connectivity index (χ3n) is 10.7. The molecule has 6 heteroatoms. The standard InChI is InChI=1S/C45H30N4S2/c1-26(24-46)37(49-34-16-8-4-12-30(34)43-36(49)20-22-41-45(43)32-14-6-10-18-39(32)51-41)23-28(25-47)27(2)48-33-15-7-3-11-29(33)42-35(48)19-21-40-44(42)31-13-5-9-17-38(31)50-40/h3-23,26,32,39H,1-2H3/b28-27-,37-23+. The van der Waals surface area contributed by atoms with E-state index in [0.717, 1.165) is 38.8 Å². The van der Waals surface area contributed by atoms with Crippen molar-refractivity contribution in [3.8, 4) is 12.1 Å². The van der Waals surface area contributed by atoms with Gasteiger partial charge in [0.1, 0.15) is 6.07 Å². The molecule has 4 heterocycles. The first kappa shape index (κ1) is 30.1. The molecule has 0 saturated carbocycles. The largest absolute Gasteiger partial charge is 0.312 e. The van der Waals surface area contributed by atoms with E-state index < -0.39 is 5.92 Å². The lowest BCUT2D eigenvalue weighted by molar-refractivity contribution is 0.889. The monoisotopic (exact) mass is 690 g/mol. The molecular formula is C45H30N4S2. The predicted octanol–water partition coefficient (Wildman–Crippen LogP) is 12.4. The van der Waals surface area contributed by atoms with Crippen molar-refractivity contribution in [3.05, 3.63) is 139 Å². The number of aromatic nitrogens is 2. The minimum absolute atomic E-state index is 0.290. The summed E-state index contributed by atoms with van der Waals surface area (Å²) in [5.74, 6) is -0.194. The SMILES string of the molecule is C/C(=C(C#N)\C=C(/C(C)C#N)n1c2ccccc2c2c3c(ccc21)SC1C=CC=CC31)n1c2ccccc2c2c3c(ccc21)sc1ccccc13. The minimum Gasteiger partial charge on any atom is -0.312 e. The van der Waals surface area contributed by atoms with Gasteiger partial charge in [-0.05, 0) is 68.0 Å². The van der Waals surface area contributed by atoms with Crippen molar-refractivity contribution in [2.45, 2.75) is 29.9 Å². The van der Waals surface area contributed by atoms with E-state index in [4.69, 9.17) is 0 Å². The van der Waals surface area contributed by atoms with Crippen molar-refractivity contribution >= 4 is 98.3 Å². The van der Waals surface area contributed by atoms with Crippen LogP contribution in [0.5, 0.6) is 0 Å². The summed E-state index contributed by atoms with van der Waals surface area (Å²) in [6.45, 7) is 3.97. The third kappa shape index (κ3) is 4.25. The van der Waals surface area contributed by atoms with Gasteiger partial charge in [-0.15, -0.1) is 23.1 Å². The fourth-order valence-corrected chi connectivity index (χ4v) is 10.9. The van der Waals surface area contributed by atoms with Gasteiger partial charge in [0, 0.05) is 69.2 Å². The molecule has 0 radical (unpaired) electrons. The molecule has 0 bridgehead atoms. The van der Waals surface area contributed by atoms with E-state index in [9.17, 15) is 10.5 Å². The maximum Gasteiger partial charge on any atom is 0.101 e. The maximum absolute atomic E-state index is 10.9. The van der Waals surface area contributed by atoms with Crippen LogP contribution in [0.15, 0.2) is 138 Å². The molecule has 2 aliphatic rings. The van der Waals surface area contributed by atoms with Crippen molar-refractivity contribution in [1.29, 1.82) is 10.5 Å². The Hall–Kier alpha value is -5.79. The van der Waals surface area contributed by atoms with E-state index >= 15 is 0 Å². The van der Waals surface area contributed by atoms with Gasteiger partial charge in [-0.3, -0.25) is 0 Å². The van der Waals surface area contributed by atoms with Crippen LogP contribution < -0.4 is 0 Å². The maximum atomic E-state index is 10.9. The molecule has 242 valence electrons. The summed E-state index contributed by atoms with van der Waals surface area (Å²) in [5, 5.41) is 29.1. The van der Waals surface area contributed by atoms with Gasteiger partial charge in [-0.25, -0.2) is 0 Å². The van der Waals surface area contributed by atoms with Crippen LogP contribution in [0.1, 0.15) is 25.3 Å². The Morgan fingerprint density at radius 2 is 1.37 bits per heavy atom. The van der Waals surface area contributed by atoms with E-state index in [0.29, 0.717) is 10.8 Å². The average molecular weight is 691 g/mol. The van der Waals surface area contributed by atoms with Crippen LogP contribution in [0.4, 0.5) is 0 Å². The fraction of sp³-hybridized carbons (Fsp3) is 0.111. The van der Waals surface area contributed by atoms with Gasteiger partial charge in [-0.2, -0.15) is 10.5 Å². The lowest BCUT2D eigenvalue weighted by Crippen LogP contribution is -2.08. The first-order valence-corrected chi connectivity index (χ1v) is 18.9. The molecular weight excluding hydrogens is 661 g/mol. The van der Waals surface area contributed by atoms with Gasteiger partial charge >= 0.3 is 0 Å². The Morgan fingerprint density at radius 1 is 0.706 bits per heavy atom. The van der Waals surface area contributed by atoms with Gasteiger partial charge in [-0.1, -0.05) is 78.9 Å². The summed E-state index contributed by atoms with van der Waals surface area (Å²) in [4.78, 5) is 1.31. The third-order valence-corrected chi connectivity index (χ3v) is 13.2. The number of thioether (sulfide) groups is 1. The van der Waals surface area contributed by atoms with Gasteiger partial charge in [0.05, 0.1) is 39.6 Å². The molecule has 0 amide bonds. The normalized spacial score (nSPS) is 18.1. The lowest BCUT2D eigenvalue weighted by Gasteiger charge is -2.17. The van der Waals surface area contributed by atoms with Crippen molar-refractivity contribution in [3.63, 3.8) is 0 Å². The van der Waals surface area contributed by atoms with Crippen molar-refractivity contribution < 1.29 is 0 Å². The Morgan fingerprint density at radius 3 is 2.16 bits per heavy atom. The smallest absolute Gasteiger partial charge is 0.101 e. The molecule has 1 aliphatic carbocycles. The number of allylic oxidation sites excluding steroid dienone is 7. The van der Waals surface area contributed by atoms with Crippen LogP contribution in [0.2, 0.25) is 0 Å². The Balaban J connectivity index is 1.26. The number of fused-ring (bicyclic) bond motifs is 14. The molecule has 1 aliphatic heterocycles. The van der Waals surface area contributed by atoms with E-state index in [1.54, 1.807) is 0 Å². The molecule has 0 spiro atoms. The second kappa shape index (κ2) is 11.4. The number of nitrogens with zero attached hydrogens (tertiary/aromatic N) is 4. The van der Waals surface area contributed by atoms with E-state index in [1.165, 1.54) is 46.8 Å². The number of thiophene rings is 1. The quantitative estimate of drug-likeness (QED) is 0.136. The van der Waals surface area contributed by atoms with Gasteiger partial charge in [0.25, 0.3) is 0 Å². The number of hydrogen-bond acceptors (Lipinski definition) is 4. The van der Waals surface area contributed by atoms with Crippen LogP contribution >= 0.6 is 23.1 Å². The van der Waals surface area contributed by atoms with E-state index in [2.05, 4.69) is 143 Å². The minimum atomic E-state index is -0.483. The van der Waals surface area contributed by atoms with E-state index in [-0.39, 0.29) is 5.92 Å². The zero-order valence-electron chi connectivity index (χ0n) is 28.0. The molecule has 51 heavy (non-hydrogen) atoms. The first-order valence-electron chi connectivity index (χ1n) is 17.2.